The van der Waals surface area contributed by atoms with Crippen LogP contribution in [-0.4, -0.2) is 49.8 Å². The smallest absolute Gasteiger partial charge is 0.231 e. The second kappa shape index (κ2) is 4.78. The van der Waals surface area contributed by atoms with Crippen LogP contribution in [0.3, 0.4) is 0 Å². The Kier molecular flexibility index (Phi) is 3.14. The number of rotatable bonds is 2. The minimum absolute atomic E-state index is 0.349. The Labute approximate surface area is 108 Å². The van der Waals surface area contributed by atoms with Crippen LogP contribution in [0.4, 0.5) is 0 Å². The van der Waals surface area contributed by atoms with Gasteiger partial charge in [0, 0.05) is 32.2 Å². The normalized spacial score (nSPS) is 22.1. The molecule has 0 aromatic heterocycles. The number of hydrogen-bond donors (Lipinski definition) is 0. The molecule has 0 radical (unpaired) electrons. The second-order valence-corrected chi connectivity index (χ2v) is 5.13. The van der Waals surface area contributed by atoms with Gasteiger partial charge in [-0.25, -0.2) is 0 Å². The van der Waals surface area contributed by atoms with Gasteiger partial charge in [-0.15, -0.1) is 0 Å². The Morgan fingerprint density at radius 2 is 1.78 bits per heavy atom. The van der Waals surface area contributed by atoms with E-state index in [0.717, 1.165) is 37.7 Å². The summed E-state index contributed by atoms with van der Waals surface area (Å²) >= 11 is 0. The maximum absolute atomic E-state index is 5.44. The molecule has 4 nitrogen and oxygen atoms in total. The average Bonchev–Trinajstić information content (AvgIpc) is 2.86. The summed E-state index contributed by atoms with van der Waals surface area (Å²) in [4.78, 5) is 4.90. The molecule has 4 heteroatoms. The third-order valence-corrected chi connectivity index (χ3v) is 3.96. The SMILES string of the molecule is C[C@@H](c1ccc2c(c1)OCO2)N1CCN(C)CC1. The van der Waals surface area contributed by atoms with Crippen LogP contribution in [0.1, 0.15) is 18.5 Å². The standard InChI is InChI=1S/C14H20N2O2/c1-11(16-7-5-15(2)6-8-16)12-3-4-13-14(9-12)18-10-17-13/h3-4,9,11H,5-8,10H2,1-2H3/t11-/m0/s1. The molecule has 0 aliphatic carbocycles. The topological polar surface area (TPSA) is 24.9 Å². The van der Waals surface area contributed by atoms with Gasteiger partial charge in [-0.05, 0) is 31.7 Å². The van der Waals surface area contributed by atoms with Crippen molar-refractivity contribution in [2.45, 2.75) is 13.0 Å². The highest BCUT2D eigenvalue weighted by Gasteiger charge is 2.22. The lowest BCUT2D eigenvalue weighted by atomic mass is 10.1. The van der Waals surface area contributed by atoms with E-state index >= 15 is 0 Å². The van der Waals surface area contributed by atoms with Crippen molar-refractivity contribution in [3.63, 3.8) is 0 Å². The molecular formula is C14H20N2O2. The zero-order chi connectivity index (χ0) is 12.5. The van der Waals surface area contributed by atoms with Crippen molar-refractivity contribution >= 4 is 0 Å². The first-order valence-corrected chi connectivity index (χ1v) is 6.56. The monoisotopic (exact) mass is 248 g/mol. The fourth-order valence-corrected chi connectivity index (χ4v) is 2.59. The molecule has 1 aromatic carbocycles. The van der Waals surface area contributed by atoms with Crippen LogP contribution >= 0.6 is 0 Å². The van der Waals surface area contributed by atoms with E-state index in [1.807, 2.05) is 6.07 Å². The van der Waals surface area contributed by atoms with Crippen molar-refractivity contribution in [3.05, 3.63) is 23.8 Å². The van der Waals surface area contributed by atoms with Gasteiger partial charge in [0.2, 0.25) is 6.79 Å². The first kappa shape index (κ1) is 11.8. The lowest BCUT2D eigenvalue weighted by Crippen LogP contribution is -2.45. The Hall–Kier alpha value is -1.26. The van der Waals surface area contributed by atoms with Crippen molar-refractivity contribution in [2.75, 3.05) is 40.0 Å². The number of ether oxygens (including phenoxy) is 2. The molecule has 2 aliphatic heterocycles. The van der Waals surface area contributed by atoms with Gasteiger partial charge in [0.15, 0.2) is 11.5 Å². The molecule has 1 saturated heterocycles. The van der Waals surface area contributed by atoms with Crippen molar-refractivity contribution in [1.82, 2.24) is 9.80 Å². The van der Waals surface area contributed by atoms with Gasteiger partial charge < -0.3 is 14.4 Å². The predicted octanol–water partition coefficient (Wildman–Crippen LogP) is 1.72. The van der Waals surface area contributed by atoms with Crippen LogP contribution in [0.2, 0.25) is 0 Å². The first-order chi connectivity index (χ1) is 8.74. The van der Waals surface area contributed by atoms with Gasteiger partial charge in [0.25, 0.3) is 0 Å². The summed E-state index contributed by atoms with van der Waals surface area (Å²) in [6.07, 6.45) is 0. The minimum Gasteiger partial charge on any atom is -0.454 e. The summed E-state index contributed by atoms with van der Waals surface area (Å²) in [5, 5.41) is 0. The van der Waals surface area contributed by atoms with Crippen LogP contribution < -0.4 is 9.47 Å². The fourth-order valence-electron chi connectivity index (χ4n) is 2.59. The minimum atomic E-state index is 0.349. The molecule has 0 spiro atoms. The zero-order valence-electron chi connectivity index (χ0n) is 11.1. The number of hydrogen-bond acceptors (Lipinski definition) is 4. The number of benzene rings is 1. The third kappa shape index (κ3) is 2.18. The first-order valence-electron chi connectivity index (χ1n) is 6.56. The largest absolute Gasteiger partial charge is 0.454 e. The molecule has 1 fully saturated rings. The lowest BCUT2D eigenvalue weighted by molar-refractivity contribution is 0.119. The van der Waals surface area contributed by atoms with E-state index in [1.165, 1.54) is 5.56 Å². The summed E-state index contributed by atoms with van der Waals surface area (Å²) < 4.78 is 10.8. The van der Waals surface area contributed by atoms with Crippen LogP contribution in [0.25, 0.3) is 0 Å². The molecule has 0 amide bonds. The lowest BCUT2D eigenvalue weighted by Gasteiger charge is -2.36. The number of likely N-dealkylation sites (N-methyl/N-ethyl adjacent to an activating group) is 1. The van der Waals surface area contributed by atoms with Gasteiger partial charge in [0.1, 0.15) is 0 Å². The molecule has 18 heavy (non-hydrogen) atoms. The van der Waals surface area contributed by atoms with Crippen molar-refractivity contribution in [2.24, 2.45) is 0 Å². The maximum Gasteiger partial charge on any atom is 0.231 e. The number of nitrogens with zero attached hydrogens (tertiary/aromatic N) is 2. The van der Waals surface area contributed by atoms with E-state index in [0.29, 0.717) is 12.8 Å². The summed E-state index contributed by atoms with van der Waals surface area (Å²) in [6.45, 7) is 7.17. The van der Waals surface area contributed by atoms with Gasteiger partial charge >= 0.3 is 0 Å². The summed E-state index contributed by atoms with van der Waals surface area (Å²) in [6, 6.07) is 6.72. The molecule has 0 saturated carbocycles. The van der Waals surface area contributed by atoms with E-state index < -0.39 is 0 Å². The third-order valence-electron chi connectivity index (χ3n) is 3.96. The Morgan fingerprint density at radius 1 is 1.06 bits per heavy atom. The number of fused-ring (bicyclic) bond motifs is 1. The predicted molar refractivity (Wildman–Crippen MR) is 70.1 cm³/mol. The van der Waals surface area contributed by atoms with Gasteiger partial charge in [0.05, 0.1) is 0 Å². The van der Waals surface area contributed by atoms with E-state index in [2.05, 4.69) is 35.9 Å². The van der Waals surface area contributed by atoms with Crippen LogP contribution in [0, 0.1) is 0 Å². The van der Waals surface area contributed by atoms with Crippen LogP contribution in [0.15, 0.2) is 18.2 Å². The highest BCUT2D eigenvalue weighted by molar-refractivity contribution is 5.45. The highest BCUT2D eigenvalue weighted by atomic mass is 16.7. The van der Waals surface area contributed by atoms with Crippen molar-refractivity contribution in [1.29, 1.82) is 0 Å². The van der Waals surface area contributed by atoms with E-state index in [-0.39, 0.29) is 0 Å². The van der Waals surface area contributed by atoms with Gasteiger partial charge in [-0.2, -0.15) is 0 Å². The Balaban J connectivity index is 1.74. The zero-order valence-corrected chi connectivity index (χ0v) is 11.1. The van der Waals surface area contributed by atoms with Crippen LogP contribution in [-0.2, 0) is 0 Å². The van der Waals surface area contributed by atoms with Gasteiger partial charge in [-0.3, -0.25) is 4.90 Å². The van der Waals surface area contributed by atoms with E-state index in [9.17, 15) is 0 Å². The molecule has 0 N–H and O–H groups in total. The molecule has 2 heterocycles. The maximum atomic E-state index is 5.44. The average molecular weight is 248 g/mol. The molecule has 1 aromatic rings. The number of piperazine rings is 1. The molecule has 1 atom stereocenters. The molecule has 3 rings (SSSR count). The second-order valence-electron chi connectivity index (χ2n) is 5.13. The quantitative estimate of drug-likeness (QED) is 0.795. The molecule has 0 bridgehead atoms. The summed E-state index contributed by atoms with van der Waals surface area (Å²) in [7, 11) is 2.18. The summed E-state index contributed by atoms with van der Waals surface area (Å²) in [5.41, 5.74) is 1.31. The molecule has 0 unspecified atom stereocenters. The highest BCUT2D eigenvalue weighted by Crippen LogP contribution is 2.35. The Morgan fingerprint density at radius 3 is 2.56 bits per heavy atom. The van der Waals surface area contributed by atoms with Crippen LogP contribution in [0.5, 0.6) is 11.5 Å². The van der Waals surface area contributed by atoms with E-state index in [1.54, 1.807) is 0 Å². The molecule has 2 aliphatic rings. The van der Waals surface area contributed by atoms with Crippen molar-refractivity contribution in [3.8, 4) is 11.5 Å². The van der Waals surface area contributed by atoms with Gasteiger partial charge in [-0.1, -0.05) is 6.07 Å². The Bertz CT molecular complexity index is 428. The summed E-state index contributed by atoms with van der Waals surface area (Å²) in [5.74, 6) is 1.75. The molecule has 98 valence electrons. The van der Waals surface area contributed by atoms with E-state index in [4.69, 9.17) is 9.47 Å². The van der Waals surface area contributed by atoms with Crippen molar-refractivity contribution < 1.29 is 9.47 Å². The molecular weight excluding hydrogens is 228 g/mol. The fraction of sp³-hybridized carbons (Fsp3) is 0.571.